The fraction of sp³-hybridized carbons (Fsp3) is 0.364. The minimum atomic E-state index is 0.0859. The van der Waals surface area contributed by atoms with Crippen LogP contribution in [0.4, 0.5) is 11.7 Å². The van der Waals surface area contributed by atoms with Gasteiger partial charge in [0, 0.05) is 37.4 Å². The van der Waals surface area contributed by atoms with Gasteiger partial charge < -0.3 is 19.5 Å². The molecule has 6 heteroatoms. The van der Waals surface area contributed by atoms with Crippen LogP contribution in [0.15, 0.2) is 46.9 Å². The number of hydrogen-bond donors (Lipinski definition) is 1. The van der Waals surface area contributed by atoms with Crippen molar-refractivity contribution >= 4 is 28.7 Å². The van der Waals surface area contributed by atoms with E-state index >= 15 is 0 Å². The lowest BCUT2D eigenvalue weighted by Gasteiger charge is -2.32. The Kier molecular flexibility index (Phi) is 5.05. The molecule has 0 unspecified atom stereocenters. The Hall–Kier alpha value is -2.86. The van der Waals surface area contributed by atoms with Crippen LogP contribution in [0.1, 0.15) is 35.7 Å². The van der Waals surface area contributed by atoms with E-state index in [1.54, 1.807) is 0 Å². The maximum absolute atomic E-state index is 12.6. The first-order chi connectivity index (χ1) is 13.5. The largest absolute Gasteiger partial charge is 0.423 e. The van der Waals surface area contributed by atoms with E-state index in [1.807, 2.05) is 35.2 Å². The summed E-state index contributed by atoms with van der Waals surface area (Å²) in [6.07, 6.45) is 0. The second-order valence-electron chi connectivity index (χ2n) is 7.70. The van der Waals surface area contributed by atoms with Crippen LogP contribution in [-0.4, -0.2) is 53.9 Å². The van der Waals surface area contributed by atoms with Crippen LogP contribution in [-0.2, 0) is 0 Å². The Morgan fingerprint density at radius 3 is 2.46 bits per heavy atom. The summed E-state index contributed by atoms with van der Waals surface area (Å²) < 4.78 is 5.79. The fourth-order valence-electron chi connectivity index (χ4n) is 3.37. The smallest absolute Gasteiger partial charge is 0.300 e. The highest BCUT2D eigenvalue weighted by molar-refractivity contribution is 5.94. The Labute approximate surface area is 165 Å². The lowest BCUT2D eigenvalue weighted by atomic mass is 10.0. The molecule has 28 heavy (non-hydrogen) atoms. The summed E-state index contributed by atoms with van der Waals surface area (Å²) in [6.45, 7) is 7.70. The number of hydrogen-bond acceptors (Lipinski definition) is 5. The maximum Gasteiger partial charge on any atom is 0.300 e. The average molecular weight is 378 g/mol. The lowest BCUT2D eigenvalue weighted by Crippen LogP contribution is -2.47. The van der Waals surface area contributed by atoms with Gasteiger partial charge in [-0.15, -0.1) is 0 Å². The number of amides is 1. The van der Waals surface area contributed by atoms with E-state index in [9.17, 15) is 4.79 Å². The monoisotopic (exact) mass is 378 g/mol. The molecule has 0 atom stereocenters. The molecule has 1 fully saturated rings. The molecular weight excluding hydrogens is 352 g/mol. The molecule has 1 aromatic heterocycles. The van der Waals surface area contributed by atoms with Gasteiger partial charge in [0.15, 0.2) is 5.58 Å². The van der Waals surface area contributed by atoms with Gasteiger partial charge in [-0.1, -0.05) is 19.9 Å². The number of carbonyl (C=O) groups is 1. The molecule has 6 nitrogen and oxygen atoms in total. The zero-order chi connectivity index (χ0) is 19.7. The fourth-order valence-corrected chi connectivity index (χ4v) is 3.37. The molecule has 1 saturated heterocycles. The lowest BCUT2D eigenvalue weighted by molar-refractivity contribution is 0.0664. The molecule has 1 aliphatic heterocycles. The highest BCUT2D eigenvalue weighted by Crippen LogP contribution is 2.25. The van der Waals surface area contributed by atoms with Gasteiger partial charge in [-0.3, -0.25) is 4.79 Å². The summed E-state index contributed by atoms with van der Waals surface area (Å²) in [4.78, 5) is 21.3. The Morgan fingerprint density at radius 2 is 1.79 bits per heavy atom. The number of fused-ring (bicyclic) bond motifs is 1. The Morgan fingerprint density at radius 1 is 1.07 bits per heavy atom. The van der Waals surface area contributed by atoms with Crippen LogP contribution in [0.5, 0.6) is 0 Å². The summed E-state index contributed by atoms with van der Waals surface area (Å²) in [6, 6.07) is 14.0. The van der Waals surface area contributed by atoms with Gasteiger partial charge in [-0.05, 0) is 54.9 Å². The topological polar surface area (TPSA) is 61.6 Å². The van der Waals surface area contributed by atoms with Crippen molar-refractivity contribution in [3.8, 4) is 0 Å². The SMILES string of the molecule is CC(C)c1ccc2oc(Nc3ccc(C(=O)N4CCN(C)CC4)cc3)nc2c1. The third kappa shape index (κ3) is 3.87. The van der Waals surface area contributed by atoms with Crippen LogP contribution in [0.25, 0.3) is 11.1 Å². The zero-order valence-electron chi connectivity index (χ0n) is 16.6. The molecule has 4 rings (SSSR count). The maximum atomic E-state index is 12.6. The van der Waals surface area contributed by atoms with Gasteiger partial charge in [0.05, 0.1) is 0 Å². The summed E-state index contributed by atoms with van der Waals surface area (Å²) in [7, 11) is 2.08. The van der Waals surface area contributed by atoms with Crippen molar-refractivity contribution in [3.05, 3.63) is 53.6 Å². The van der Waals surface area contributed by atoms with Crippen LogP contribution in [0.3, 0.4) is 0 Å². The molecule has 2 aromatic carbocycles. The van der Waals surface area contributed by atoms with E-state index in [0.717, 1.165) is 43.0 Å². The first-order valence-electron chi connectivity index (χ1n) is 9.75. The second-order valence-corrected chi connectivity index (χ2v) is 7.70. The van der Waals surface area contributed by atoms with Crippen molar-refractivity contribution in [2.45, 2.75) is 19.8 Å². The number of likely N-dealkylation sites (N-methyl/N-ethyl adjacent to an activating group) is 1. The number of benzene rings is 2. The van der Waals surface area contributed by atoms with Crippen molar-refractivity contribution in [2.75, 3.05) is 38.5 Å². The van der Waals surface area contributed by atoms with Crippen LogP contribution in [0, 0.1) is 0 Å². The summed E-state index contributed by atoms with van der Waals surface area (Å²) in [5, 5.41) is 3.18. The van der Waals surface area contributed by atoms with Crippen molar-refractivity contribution in [1.82, 2.24) is 14.8 Å². The van der Waals surface area contributed by atoms with E-state index in [-0.39, 0.29) is 5.91 Å². The number of oxazole rings is 1. The first kappa shape index (κ1) is 18.5. The van der Waals surface area contributed by atoms with E-state index < -0.39 is 0 Å². The molecule has 1 N–H and O–H groups in total. The minimum Gasteiger partial charge on any atom is -0.423 e. The summed E-state index contributed by atoms with van der Waals surface area (Å²) in [5.74, 6) is 0.533. The van der Waals surface area contributed by atoms with Crippen molar-refractivity contribution in [2.24, 2.45) is 0 Å². The van der Waals surface area contributed by atoms with Gasteiger partial charge in [0.1, 0.15) is 5.52 Å². The Bertz CT molecular complexity index is 970. The molecule has 0 saturated carbocycles. The van der Waals surface area contributed by atoms with Gasteiger partial charge >= 0.3 is 0 Å². The number of carbonyl (C=O) groups excluding carboxylic acids is 1. The molecule has 1 aliphatic rings. The number of aromatic nitrogens is 1. The summed E-state index contributed by atoms with van der Waals surface area (Å²) >= 11 is 0. The predicted octanol–water partition coefficient (Wildman–Crippen LogP) is 4.08. The van der Waals surface area contributed by atoms with Crippen LogP contribution < -0.4 is 5.32 Å². The van der Waals surface area contributed by atoms with Crippen LogP contribution >= 0.6 is 0 Å². The molecule has 0 aliphatic carbocycles. The van der Waals surface area contributed by atoms with Crippen molar-refractivity contribution in [3.63, 3.8) is 0 Å². The molecule has 0 bridgehead atoms. The van der Waals surface area contributed by atoms with Gasteiger partial charge in [-0.2, -0.15) is 4.98 Å². The minimum absolute atomic E-state index is 0.0859. The third-order valence-corrected chi connectivity index (χ3v) is 5.25. The third-order valence-electron chi connectivity index (χ3n) is 5.25. The van der Waals surface area contributed by atoms with E-state index in [0.29, 0.717) is 17.5 Å². The molecule has 146 valence electrons. The highest BCUT2D eigenvalue weighted by atomic mass is 16.4. The molecular formula is C22H26N4O2. The number of rotatable bonds is 4. The van der Waals surface area contributed by atoms with Gasteiger partial charge in [0.2, 0.25) is 0 Å². The number of nitrogens with zero attached hydrogens (tertiary/aromatic N) is 3. The van der Waals surface area contributed by atoms with Crippen LogP contribution in [0.2, 0.25) is 0 Å². The normalized spacial score (nSPS) is 15.4. The van der Waals surface area contributed by atoms with Crippen molar-refractivity contribution < 1.29 is 9.21 Å². The Balaban J connectivity index is 1.45. The van der Waals surface area contributed by atoms with Crippen molar-refractivity contribution in [1.29, 1.82) is 0 Å². The average Bonchev–Trinajstić information content (AvgIpc) is 3.10. The number of piperazine rings is 1. The first-order valence-corrected chi connectivity index (χ1v) is 9.75. The van der Waals surface area contributed by atoms with E-state index in [2.05, 4.69) is 48.2 Å². The molecule has 0 spiro atoms. The van der Waals surface area contributed by atoms with E-state index in [1.165, 1.54) is 5.56 Å². The molecule has 0 radical (unpaired) electrons. The highest BCUT2D eigenvalue weighted by Gasteiger charge is 2.20. The van der Waals surface area contributed by atoms with E-state index in [4.69, 9.17) is 4.42 Å². The zero-order valence-corrected chi connectivity index (χ0v) is 16.6. The predicted molar refractivity (Wildman–Crippen MR) is 111 cm³/mol. The van der Waals surface area contributed by atoms with Gasteiger partial charge in [0.25, 0.3) is 11.9 Å². The quantitative estimate of drug-likeness (QED) is 0.741. The molecule has 2 heterocycles. The molecule has 1 amide bonds. The number of nitrogens with one attached hydrogen (secondary N) is 1. The second kappa shape index (κ2) is 7.64. The number of anilines is 2. The van der Waals surface area contributed by atoms with Gasteiger partial charge in [-0.25, -0.2) is 0 Å². The molecule has 3 aromatic rings. The summed E-state index contributed by atoms with van der Waals surface area (Å²) in [5.41, 5.74) is 4.38. The standard InChI is InChI=1S/C22H26N4O2/c1-15(2)17-6-9-20-19(14-17)24-22(28-20)23-18-7-4-16(5-8-18)21(27)26-12-10-25(3)11-13-26/h4-9,14-15H,10-13H2,1-3H3,(H,23,24).